The molecule has 0 fully saturated rings. The highest BCUT2D eigenvalue weighted by atomic mass is 16.5. The van der Waals surface area contributed by atoms with Gasteiger partial charge in [-0.2, -0.15) is 0 Å². The molecule has 4 N–H and O–H groups in total. The summed E-state index contributed by atoms with van der Waals surface area (Å²) in [6.45, 7) is 0.262. The molecular weight excluding hydrogens is 262 g/mol. The molecule has 1 aromatic rings. The quantitative estimate of drug-likeness (QED) is 0.579. The highest BCUT2D eigenvalue weighted by Gasteiger charge is 2.42. The second-order valence-electron chi connectivity index (χ2n) is 4.44. The van der Waals surface area contributed by atoms with E-state index in [1.165, 1.54) is 19.2 Å². The molecule has 7 nitrogen and oxygen atoms in total. The smallest absolute Gasteiger partial charge is 0.270 e. The normalized spacial score (nSPS) is 15.4. The van der Waals surface area contributed by atoms with Gasteiger partial charge in [-0.25, -0.2) is 4.90 Å². The molecule has 0 spiro atoms. The Kier molecular flexibility index (Phi) is 3.82. The number of hydrogen-bond acceptors (Lipinski definition) is 6. The predicted molar refractivity (Wildman–Crippen MR) is 70.8 cm³/mol. The monoisotopic (exact) mass is 277 g/mol. The Morgan fingerprint density at radius 1 is 1.35 bits per heavy atom. The first kappa shape index (κ1) is 14.2. The lowest BCUT2D eigenvalue weighted by atomic mass is 10.1. The Morgan fingerprint density at radius 2 is 2.05 bits per heavy atom. The third-order valence-corrected chi connectivity index (χ3v) is 3.12. The summed E-state index contributed by atoms with van der Waals surface area (Å²) in [6.07, 6.45) is 0.220. The van der Waals surface area contributed by atoms with Gasteiger partial charge in [0.1, 0.15) is 0 Å². The van der Waals surface area contributed by atoms with Crippen molar-refractivity contribution in [2.45, 2.75) is 12.5 Å². The number of benzene rings is 1. The molecule has 1 aliphatic rings. The number of imide groups is 3. The maximum Gasteiger partial charge on any atom is 0.270 e. The van der Waals surface area contributed by atoms with E-state index in [0.29, 0.717) is 4.90 Å². The van der Waals surface area contributed by atoms with Gasteiger partial charge in [0.15, 0.2) is 0 Å². The molecule has 1 heterocycles. The molecule has 1 aromatic carbocycles. The molecule has 0 saturated carbocycles. The number of nitrogens with zero attached hydrogens (tertiary/aromatic N) is 1. The van der Waals surface area contributed by atoms with E-state index in [0.717, 1.165) is 0 Å². The molecule has 20 heavy (non-hydrogen) atoms. The van der Waals surface area contributed by atoms with Crippen molar-refractivity contribution in [3.05, 3.63) is 29.3 Å². The van der Waals surface area contributed by atoms with Crippen molar-refractivity contribution in [3.8, 4) is 0 Å². The van der Waals surface area contributed by atoms with E-state index in [2.05, 4.69) is 0 Å². The highest BCUT2D eigenvalue weighted by molar-refractivity contribution is 6.31. The van der Waals surface area contributed by atoms with E-state index in [9.17, 15) is 14.4 Å². The summed E-state index contributed by atoms with van der Waals surface area (Å²) in [4.78, 5) is 37.0. The largest absolute Gasteiger partial charge is 0.398 e. The summed E-state index contributed by atoms with van der Waals surface area (Å²) in [5.74, 6) is -2.15. The molecule has 0 aliphatic carbocycles. The summed E-state index contributed by atoms with van der Waals surface area (Å²) in [5.41, 5.74) is 11.7. The predicted octanol–water partition coefficient (Wildman–Crippen LogP) is -0.245. The van der Waals surface area contributed by atoms with Crippen LogP contribution in [0, 0.1) is 0 Å². The first-order valence-corrected chi connectivity index (χ1v) is 6.04. The van der Waals surface area contributed by atoms with E-state index < -0.39 is 23.8 Å². The SMILES string of the molecule is COCCC(N)C(=O)N1C(=O)c2cccc(N)c2C1=O. The molecular formula is C13H15N3O4. The van der Waals surface area contributed by atoms with Crippen molar-refractivity contribution in [1.29, 1.82) is 0 Å². The number of hydrogen-bond donors (Lipinski definition) is 2. The van der Waals surface area contributed by atoms with Crippen LogP contribution in [0.3, 0.4) is 0 Å². The van der Waals surface area contributed by atoms with Gasteiger partial charge in [-0.15, -0.1) is 0 Å². The van der Waals surface area contributed by atoms with Gasteiger partial charge < -0.3 is 16.2 Å². The molecule has 0 radical (unpaired) electrons. The molecule has 1 atom stereocenters. The standard InChI is InChI=1S/C13H15N3O4/c1-20-6-5-9(15)12(18)16-11(17)7-3-2-4-8(14)10(7)13(16)19/h2-4,9H,5-6,14-15H2,1H3. The van der Waals surface area contributed by atoms with Crippen LogP contribution < -0.4 is 11.5 Å². The molecule has 3 amide bonds. The molecule has 0 bridgehead atoms. The van der Waals surface area contributed by atoms with Gasteiger partial charge in [0.05, 0.1) is 17.2 Å². The number of rotatable bonds is 4. The van der Waals surface area contributed by atoms with Gasteiger partial charge in [0.25, 0.3) is 17.7 Å². The summed E-state index contributed by atoms with van der Waals surface area (Å²) < 4.78 is 4.82. The average Bonchev–Trinajstić information content (AvgIpc) is 2.68. The summed E-state index contributed by atoms with van der Waals surface area (Å²) in [5, 5.41) is 0. The van der Waals surface area contributed by atoms with Crippen LogP contribution >= 0.6 is 0 Å². The minimum atomic E-state index is -0.974. The first-order valence-electron chi connectivity index (χ1n) is 6.04. The number of carbonyl (C=O) groups is 3. The highest BCUT2D eigenvalue weighted by Crippen LogP contribution is 2.27. The third kappa shape index (κ3) is 2.17. The van der Waals surface area contributed by atoms with Crippen molar-refractivity contribution in [2.24, 2.45) is 5.73 Å². The maximum atomic E-state index is 12.2. The fraction of sp³-hybridized carbons (Fsp3) is 0.308. The lowest BCUT2D eigenvalue weighted by Gasteiger charge is -2.17. The van der Waals surface area contributed by atoms with Gasteiger partial charge in [-0.3, -0.25) is 14.4 Å². The fourth-order valence-corrected chi connectivity index (χ4v) is 2.05. The number of nitrogen functional groups attached to an aromatic ring is 1. The Balaban J connectivity index is 2.29. The minimum absolute atomic E-state index is 0.0600. The van der Waals surface area contributed by atoms with Crippen LogP contribution in [0.5, 0.6) is 0 Å². The Morgan fingerprint density at radius 3 is 2.65 bits per heavy atom. The molecule has 0 aromatic heterocycles. The van der Waals surface area contributed by atoms with E-state index in [-0.39, 0.29) is 29.8 Å². The number of anilines is 1. The van der Waals surface area contributed by atoms with Gasteiger partial charge in [-0.1, -0.05) is 6.07 Å². The molecule has 1 unspecified atom stereocenters. The zero-order valence-corrected chi connectivity index (χ0v) is 11.0. The second kappa shape index (κ2) is 5.40. The number of amides is 3. The van der Waals surface area contributed by atoms with Gasteiger partial charge in [0, 0.05) is 19.4 Å². The van der Waals surface area contributed by atoms with Crippen LogP contribution in [0.15, 0.2) is 18.2 Å². The summed E-state index contributed by atoms with van der Waals surface area (Å²) in [6, 6.07) is 3.54. The second-order valence-corrected chi connectivity index (χ2v) is 4.44. The van der Waals surface area contributed by atoms with E-state index in [1.807, 2.05) is 0 Å². The van der Waals surface area contributed by atoms with Crippen molar-refractivity contribution >= 4 is 23.4 Å². The van der Waals surface area contributed by atoms with Crippen LogP contribution in [0.2, 0.25) is 0 Å². The molecule has 2 rings (SSSR count). The maximum absolute atomic E-state index is 12.2. The number of nitrogens with two attached hydrogens (primary N) is 2. The van der Waals surface area contributed by atoms with Crippen molar-refractivity contribution in [1.82, 2.24) is 4.90 Å². The number of fused-ring (bicyclic) bond motifs is 1. The average molecular weight is 277 g/mol. The Bertz CT molecular complexity index is 585. The first-order chi connectivity index (χ1) is 9.49. The zero-order valence-electron chi connectivity index (χ0n) is 11.0. The van der Waals surface area contributed by atoms with Gasteiger partial charge >= 0.3 is 0 Å². The van der Waals surface area contributed by atoms with Gasteiger partial charge in [-0.05, 0) is 18.6 Å². The third-order valence-electron chi connectivity index (χ3n) is 3.12. The topological polar surface area (TPSA) is 116 Å². The van der Waals surface area contributed by atoms with Crippen molar-refractivity contribution < 1.29 is 19.1 Å². The van der Waals surface area contributed by atoms with Crippen LogP contribution in [0.1, 0.15) is 27.1 Å². The lowest BCUT2D eigenvalue weighted by molar-refractivity contribution is -0.128. The van der Waals surface area contributed by atoms with Crippen molar-refractivity contribution in [2.75, 3.05) is 19.5 Å². The summed E-state index contributed by atoms with van der Waals surface area (Å²) >= 11 is 0. The molecule has 0 saturated heterocycles. The van der Waals surface area contributed by atoms with Crippen LogP contribution in [0.4, 0.5) is 5.69 Å². The van der Waals surface area contributed by atoms with Crippen molar-refractivity contribution in [3.63, 3.8) is 0 Å². The minimum Gasteiger partial charge on any atom is -0.398 e. The Hall–Kier alpha value is -2.25. The molecule has 7 heteroatoms. The number of carbonyl (C=O) groups excluding carboxylic acids is 3. The van der Waals surface area contributed by atoms with Crippen LogP contribution in [0.25, 0.3) is 0 Å². The lowest BCUT2D eigenvalue weighted by Crippen LogP contribution is -2.47. The molecule has 1 aliphatic heterocycles. The summed E-state index contributed by atoms with van der Waals surface area (Å²) in [7, 11) is 1.47. The molecule has 106 valence electrons. The number of ether oxygens (including phenoxy) is 1. The van der Waals surface area contributed by atoms with Crippen LogP contribution in [-0.4, -0.2) is 42.4 Å². The van der Waals surface area contributed by atoms with E-state index >= 15 is 0 Å². The van der Waals surface area contributed by atoms with Crippen LogP contribution in [-0.2, 0) is 9.53 Å². The van der Waals surface area contributed by atoms with Gasteiger partial charge in [0.2, 0.25) is 0 Å². The fourth-order valence-electron chi connectivity index (χ4n) is 2.05. The van der Waals surface area contributed by atoms with E-state index in [1.54, 1.807) is 6.07 Å². The number of methoxy groups -OCH3 is 1. The zero-order chi connectivity index (χ0) is 14.9. The Labute approximate surface area is 115 Å². The van der Waals surface area contributed by atoms with E-state index in [4.69, 9.17) is 16.2 Å².